The van der Waals surface area contributed by atoms with Crippen molar-refractivity contribution in [3.8, 4) is 0 Å². The smallest absolute Gasteiger partial charge is 0.397 e. The minimum Gasteiger partial charge on any atom is -0.479 e. The second-order valence-corrected chi connectivity index (χ2v) is 15.6. The normalized spacial score (nSPS) is 48.6. The van der Waals surface area contributed by atoms with Gasteiger partial charge in [0.05, 0.1) is 13.2 Å². The Balaban J connectivity index is 1.56. The first-order valence-corrected chi connectivity index (χ1v) is 19.6. The Morgan fingerprint density at radius 3 is 1.35 bits per heavy atom. The lowest BCUT2D eigenvalue weighted by Crippen LogP contribution is -2.70. The summed E-state index contributed by atoms with van der Waals surface area (Å²) in [5, 5.41) is 165. The second kappa shape index (κ2) is 20.5. The number of aliphatic carboxylic acids is 3. The quantitative estimate of drug-likeness (QED) is 0.0678. The molecular weight excluding hydrogens is 904 g/mol. The van der Waals surface area contributed by atoms with Crippen LogP contribution in [0.1, 0.15) is 0 Å². The van der Waals surface area contributed by atoms with Gasteiger partial charge in [-0.25, -0.2) is 18.6 Å². The standard InChI is InChI=1S/C30H46O32S/c31-1-3-5(33)6(34)12(40)27(54-3)58-18-19(22(62-63(50,51)52)30(61-21(18)25(47)48)55-15-4(2-32)53-26(49)11(39)9(15)37)59-29-14(42)10(38)16(20(60-29)24(45)46)56-28-13(41)7(35)8(36)17(57-28)23(43)44/h3-22,26-42,49H,1-2H2,(H,43,44)(H,45,46)(H,47,48)(H,50,51,52)/t3-,4-,5-,6+,7+,8+,9-,10-,11-,12-,13-,14-,15+,16+,17+,18-,19+,20+,21+,22-,26-,27+,28-,29-,30+/m1/s1. The van der Waals surface area contributed by atoms with Gasteiger partial charge in [-0.05, 0) is 0 Å². The van der Waals surface area contributed by atoms with Crippen LogP contribution in [0.25, 0.3) is 0 Å². The van der Waals surface area contributed by atoms with E-state index >= 15 is 0 Å². The van der Waals surface area contributed by atoms with Crippen molar-refractivity contribution in [1.82, 2.24) is 0 Å². The largest absolute Gasteiger partial charge is 0.479 e. The molecule has 32 nitrogen and oxygen atoms in total. The van der Waals surface area contributed by atoms with Gasteiger partial charge in [-0.15, -0.1) is 0 Å². The fourth-order valence-electron chi connectivity index (χ4n) is 7.16. The van der Waals surface area contributed by atoms with Crippen LogP contribution in [0, 0.1) is 0 Å². The molecule has 5 rings (SSSR count). The predicted octanol–water partition coefficient (Wildman–Crippen LogP) is -11.8. The minimum atomic E-state index is -5.90. The first-order valence-electron chi connectivity index (χ1n) is 18.3. The predicted molar refractivity (Wildman–Crippen MR) is 179 cm³/mol. The van der Waals surface area contributed by atoms with Crippen LogP contribution in [-0.2, 0) is 71.6 Å². The van der Waals surface area contributed by atoms with Gasteiger partial charge in [0.2, 0.25) is 0 Å². The van der Waals surface area contributed by atoms with Crippen molar-refractivity contribution >= 4 is 28.3 Å². The molecule has 0 aromatic rings. The van der Waals surface area contributed by atoms with E-state index in [1.165, 1.54) is 0 Å². The van der Waals surface area contributed by atoms with Crippen molar-refractivity contribution < 1.29 is 156 Å². The van der Waals surface area contributed by atoms with Gasteiger partial charge >= 0.3 is 28.3 Å². The molecule has 5 aliphatic rings. The van der Waals surface area contributed by atoms with Gasteiger partial charge in [-0.3, -0.25) is 4.55 Å². The maximum atomic E-state index is 12.8. The number of aliphatic hydroxyl groups is 13. The van der Waals surface area contributed by atoms with E-state index in [0.29, 0.717) is 0 Å². The lowest BCUT2D eigenvalue weighted by molar-refractivity contribution is -0.395. The zero-order chi connectivity index (χ0) is 47.2. The number of hydrogen-bond acceptors (Lipinski definition) is 28. The summed E-state index contributed by atoms with van der Waals surface area (Å²) in [4.78, 5) is 37.0. The lowest BCUT2D eigenvalue weighted by atomic mass is 9.94. The Hall–Kier alpha value is -2.60. The van der Waals surface area contributed by atoms with Crippen molar-refractivity contribution in [3.63, 3.8) is 0 Å². The van der Waals surface area contributed by atoms with Crippen molar-refractivity contribution in [1.29, 1.82) is 0 Å². The summed E-state index contributed by atoms with van der Waals surface area (Å²) in [5.74, 6) is -6.19. The number of rotatable bonds is 15. The summed E-state index contributed by atoms with van der Waals surface area (Å²) >= 11 is 0. The van der Waals surface area contributed by atoms with Crippen LogP contribution in [-0.4, -0.2) is 279 Å². The fraction of sp³-hybridized carbons (Fsp3) is 0.900. The van der Waals surface area contributed by atoms with E-state index < -0.39 is 195 Å². The lowest BCUT2D eigenvalue weighted by Gasteiger charge is -2.50. The molecule has 5 heterocycles. The summed E-state index contributed by atoms with van der Waals surface area (Å²) in [6, 6.07) is 0. The summed E-state index contributed by atoms with van der Waals surface area (Å²) in [6.45, 7) is -2.26. The Morgan fingerprint density at radius 2 is 0.825 bits per heavy atom. The average Bonchev–Trinajstić information content (AvgIpc) is 3.21. The monoisotopic (exact) mass is 950 g/mol. The molecule has 25 atom stereocenters. The number of carboxylic acid groups (broad SMARTS) is 3. The van der Waals surface area contributed by atoms with Crippen LogP contribution in [0.15, 0.2) is 0 Å². The molecule has 0 aromatic heterocycles. The van der Waals surface area contributed by atoms with Crippen LogP contribution >= 0.6 is 0 Å². The number of hydrogen-bond donors (Lipinski definition) is 17. The van der Waals surface area contributed by atoms with Crippen LogP contribution in [0.4, 0.5) is 0 Å². The molecule has 5 fully saturated rings. The van der Waals surface area contributed by atoms with E-state index in [0.717, 1.165) is 0 Å². The first-order chi connectivity index (χ1) is 29.3. The molecule has 33 heteroatoms. The van der Waals surface area contributed by atoms with Crippen LogP contribution in [0.3, 0.4) is 0 Å². The minimum absolute atomic E-state index is 1.10. The molecule has 364 valence electrons. The van der Waals surface area contributed by atoms with Gasteiger partial charge in [0.15, 0.2) is 55.9 Å². The highest BCUT2D eigenvalue weighted by atomic mass is 32.3. The Bertz CT molecular complexity index is 1690. The SMILES string of the molecule is O=C(O)[C@H]1O[C@@H](O[C@H]2[C@H](O)[C@@H](O)[C@H](O[C@H]3[C@@H](O[C@@H]4O[C@H](CO)[C@@H](O)[C@H](O)[C@H]4O)[C@@H](C(=O)O)O[C@H](O[C@@H]4[C@H](O)[C@@H](O)[C@H](O)O[C@@H]4CO)[C@@H]3OS(=O)(=O)O)O[C@@H]2C(=O)O)[C@H](O)[C@@H](O)[C@@H]1O. The van der Waals surface area contributed by atoms with Crippen LogP contribution < -0.4 is 0 Å². The third-order valence-electron chi connectivity index (χ3n) is 10.4. The van der Waals surface area contributed by atoms with Gasteiger partial charge in [0.1, 0.15) is 97.7 Å². The Morgan fingerprint density at radius 1 is 0.413 bits per heavy atom. The molecular formula is C30H46O32S. The highest BCUT2D eigenvalue weighted by Crippen LogP contribution is 2.38. The third kappa shape index (κ3) is 10.8. The van der Waals surface area contributed by atoms with Gasteiger partial charge in [0.25, 0.3) is 0 Å². The zero-order valence-corrected chi connectivity index (χ0v) is 32.3. The highest BCUT2D eigenvalue weighted by molar-refractivity contribution is 7.80. The van der Waals surface area contributed by atoms with Crippen molar-refractivity contribution in [2.75, 3.05) is 13.2 Å². The molecule has 5 aliphatic heterocycles. The third-order valence-corrected chi connectivity index (χ3v) is 10.9. The molecule has 0 unspecified atom stereocenters. The van der Waals surface area contributed by atoms with E-state index in [1.807, 2.05) is 0 Å². The molecule has 0 bridgehead atoms. The Labute approximate surface area is 350 Å². The van der Waals surface area contributed by atoms with Crippen LogP contribution in [0.5, 0.6) is 0 Å². The van der Waals surface area contributed by atoms with E-state index in [-0.39, 0.29) is 0 Å². The molecule has 0 radical (unpaired) electrons. The van der Waals surface area contributed by atoms with Gasteiger partial charge in [0, 0.05) is 0 Å². The van der Waals surface area contributed by atoms with Crippen molar-refractivity contribution in [2.24, 2.45) is 0 Å². The molecule has 0 aromatic carbocycles. The second-order valence-electron chi connectivity index (χ2n) is 14.6. The van der Waals surface area contributed by atoms with Crippen LogP contribution in [0.2, 0.25) is 0 Å². The maximum absolute atomic E-state index is 12.8. The van der Waals surface area contributed by atoms with E-state index in [2.05, 4.69) is 4.18 Å². The molecule has 5 saturated heterocycles. The molecule has 63 heavy (non-hydrogen) atoms. The number of carbonyl (C=O) groups is 3. The maximum Gasteiger partial charge on any atom is 0.397 e. The molecule has 0 amide bonds. The topological polar surface area (TPSA) is 522 Å². The molecule has 0 spiro atoms. The van der Waals surface area contributed by atoms with Gasteiger partial charge in [-0.2, -0.15) is 8.42 Å². The summed E-state index contributed by atoms with van der Waals surface area (Å²) in [7, 11) is -5.90. The number of aliphatic hydroxyl groups excluding tert-OH is 13. The molecule has 0 saturated carbocycles. The van der Waals surface area contributed by atoms with Crippen molar-refractivity contribution in [3.05, 3.63) is 0 Å². The fourth-order valence-corrected chi connectivity index (χ4v) is 7.65. The zero-order valence-electron chi connectivity index (χ0n) is 31.5. The van der Waals surface area contributed by atoms with E-state index in [1.54, 1.807) is 0 Å². The number of ether oxygens (including phenoxy) is 9. The molecule has 17 N–H and O–H groups in total. The average molecular weight is 951 g/mol. The highest BCUT2D eigenvalue weighted by Gasteiger charge is 2.61. The van der Waals surface area contributed by atoms with E-state index in [4.69, 9.17) is 42.6 Å². The molecule has 0 aliphatic carbocycles. The van der Waals surface area contributed by atoms with Gasteiger partial charge in [-0.1, -0.05) is 0 Å². The van der Waals surface area contributed by atoms with E-state index in [9.17, 15) is 109 Å². The summed E-state index contributed by atoms with van der Waals surface area (Å²) in [5.41, 5.74) is 0. The van der Waals surface area contributed by atoms with Gasteiger partial charge < -0.3 is 124 Å². The number of carboxylic acids is 3. The first kappa shape index (κ1) is 51.4. The summed E-state index contributed by atoms with van der Waals surface area (Å²) < 4.78 is 87.0. The van der Waals surface area contributed by atoms with Crippen molar-refractivity contribution in [2.45, 2.75) is 154 Å². The summed E-state index contributed by atoms with van der Waals surface area (Å²) in [6.07, 6.45) is -60.1. The Kier molecular flexibility index (Phi) is 16.7.